The molecule has 0 radical (unpaired) electrons. The number of fused-ring (bicyclic) bond motifs is 1. The maximum Gasteiger partial charge on any atom is 0.261 e. The van der Waals surface area contributed by atoms with Gasteiger partial charge in [0.25, 0.3) is 11.8 Å². The van der Waals surface area contributed by atoms with E-state index in [1.54, 1.807) is 29.2 Å². The summed E-state index contributed by atoms with van der Waals surface area (Å²) in [5.74, 6) is -0.581. The summed E-state index contributed by atoms with van der Waals surface area (Å²) < 4.78 is 0. The van der Waals surface area contributed by atoms with Crippen LogP contribution in [0.15, 0.2) is 24.3 Å². The summed E-state index contributed by atoms with van der Waals surface area (Å²) in [6.45, 7) is 2.40. The normalized spacial score (nSPS) is 21.6. The zero-order valence-corrected chi connectivity index (χ0v) is 15.9. The van der Waals surface area contributed by atoms with Crippen molar-refractivity contribution in [2.24, 2.45) is 0 Å². The van der Waals surface area contributed by atoms with Gasteiger partial charge in [-0.15, -0.1) is 0 Å². The Balaban J connectivity index is 1.31. The molecule has 1 aromatic rings. The van der Waals surface area contributed by atoms with Crippen LogP contribution in [0.5, 0.6) is 0 Å². The van der Waals surface area contributed by atoms with Gasteiger partial charge in [0.15, 0.2) is 0 Å². The van der Waals surface area contributed by atoms with E-state index in [4.69, 9.17) is 0 Å². The van der Waals surface area contributed by atoms with Crippen LogP contribution in [0.3, 0.4) is 0 Å². The van der Waals surface area contributed by atoms with E-state index in [0.29, 0.717) is 24.1 Å². The molecule has 1 aromatic carbocycles. The van der Waals surface area contributed by atoms with E-state index < -0.39 is 0 Å². The number of carbonyl (C=O) groups is 4. The van der Waals surface area contributed by atoms with Crippen molar-refractivity contribution in [1.82, 2.24) is 14.7 Å². The Kier molecular flexibility index (Phi) is 5.15. The van der Waals surface area contributed by atoms with Crippen molar-refractivity contribution < 1.29 is 19.2 Å². The molecule has 7 heteroatoms. The highest BCUT2D eigenvalue weighted by atomic mass is 16.2. The molecule has 0 aromatic heterocycles. The van der Waals surface area contributed by atoms with Crippen molar-refractivity contribution >= 4 is 23.6 Å². The first kappa shape index (κ1) is 18.7. The first-order valence-corrected chi connectivity index (χ1v) is 10.1. The summed E-state index contributed by atoms with van der Waals surface area (Å²) in [6.07, 6.45) is 4.27. The molecular formula is C21H25N3O4. The molecule has 3 aliphatic rings. The Bertz CT molecular complexity index is 781. The summed E-state index contributed by atoms with van der Waals surface area (Å²) >= 11 is 0. The predicted octanol–water partition coefficient (Wildman–Crippen LogP) is 1.68. The molecule has 148 valence electrons. The van der Waals surface area contributed by atoms with Gasteiger partial charge in [-0.2, -0.15) is 0 Å². The third-order valence-corrected chi connectivity index (χ3v) is 5.93. The molecule has 0 bridgehead atoms. The molecule has 0 spiro atoms. The zero-order valence-electron chi connectivity index (χ0n) is 15.9. The summed E-state index contributed by atoms with van der Waals surface area (Å²) in [5.41, 5.74) is 0.851. The number of likely N-dealkylation sites (tertiary alicyclic amines) is 2. The van der Waals surface area contributed by atoms with Crippen LogP contribution in [-0.2, 0) is 9.59 Å². The highest BCUT2D eigenvalue weighted by Crippen LogP contribution is 2.24. The largest absolute Gasteiger partial charge is 0.341 e. The Labute approximate surface area is 164 Å². The molecule has 28 heavy (non-hydrogen) atoms. The number of benzene rings is 1. The second-order valence-electron chi connectivity index (χ2n) is 7.69. The van der Waals surface area contributed by atoms with E-state index in [0.717, 1.165) is 38.8 Å². The third kappa shape index (κ3) is 3.30. The van der Waals surface area contributed by atoms with Crippen LogP contribution >= 0.6 is 0 Å². The fourth-order valence-electron chi connectivity index (χ4n) is 4.44. The lowest BCUT2D eigenvalue weighted by molar-refractivity contribution is -0.143. The number of carbonyl (C=O) groups excluding carboxylic acids is 4. The van der Waals surface area contributed by atoms with Crippen molar-refractivity contribution in [3.63, 3.8) is 0 Å². The maximum absolute atomic E-state index is 12.7. The highest BCUT2D eigenvalue weighted by molar-refractivity contribution is 6.21. The summed E-state index contributed by atoms with van der Waals surface area (Å²) in [6, 6.07) is 6.44. The first-order valence-electron chi connectivity index (χ1n) is 10.1. The number of hydrogen-bond donors (Lipinski definition) is 0. The Morgan fingerprint density at radius 3 is 2.21 bits per heavy atom. The third-order valence-electron chi connectivity index (χ3n) is 5.93. The number of nitrogens with zero attached hydrogens (tertiary/aromatic N) is 3. The van der Waals surface area contributed by atoms with Crippen LogP contribution in [0.2, 0.25) is 0 Å². The van der Waals surface area contributed by atoms with E-state index in [9.17, 15) is 19.2 Å². The Hall–Kier alpha value is -2.70. The second kappa shape index (κ2) is 7.73. The molecule has 2 fully saturated rings. The molecule has 0 unspecified atom stereocenters. The monoisotopic (exact) mass is 383 g/mol. The molecule has 3 heterocycles. The van der Waals surface area contributed by atoms with Gasteiger partial charge in [-0.1, -0.05) is 12.1 Å². The molecule has 2 saturated heterocycles. The van der Waals surface area contributed by atoms with Gasteiger partial charge in [0, 0.05) is 32.6 Å². The molecule has 0 N–H and O–H groups in total. The molecule has 4 rings (SSSR count). The lowest BCUT2D eigenvalue weighted by Gasteiger charge is -2.28. The zero-order chi connectivity index (χ0) is 19.7. The van der Waals surface area contributed by atoms with Gasteiger partial charge in [0.05, 0.1) is 11.1 Å². The van der Waals surface area contributed by atoms with Crippen molar-refractivity contribution in [3.05, 3.63) is 35.4 Å². The number of imide groups is 1. The van der Waals surface area contributed by atoms with Crippen LogP contribution in [-0.4, -0.2) is 70.5 Å². The smallest absolute Gasteiger partial charge is 0.261 e. The minimum Gasteiger partial charge on any atom is -0.341 e. The first-order chi connectivity index (χ1) is 13.6. The fourth-order valence-corrected chi connectivity index (χ4v) is 4.44. The molecule has 3 aliphatic heterocycles. The van der Waals surface area contributed by atoms with Gasteiger partial charge < -0.3 is 9.80 Å². The van der Waals surface area contributed by atoms with Crippen molar-refractivity contribution in [2.75, 3.05) is 26.2 Å². The van der Waals surface area contributed by atoms with E-state index >= 15 is 0 Å². The summed E-state index contributed by atoms with van der Waals surface area (Å²) in [5, 5.41) is 0. The Morgan fingerprint density at radius 2 is 1.57 bits per heavy atom. The molecule has 1 atom stereocenters. The molecule has 0 saturated carbocycles. The quantitative estimate of drug-likeness (QED) is 0.725. The highest BCUT2D eigenvalue weighted by Gasteiger charge is 2.38. The SMILES string of the molecule is O=C([C@@H]1CCCN1C(=O)CCCN1C(=O)c2ccccc2C1=O)N1CCCC1. The average Bonchev–Trinajstić information content (AvgIpc) is 3.45. The number of hydrogen-bond acceptors (Lipinski definition) is 4. The van der Waals surface area contributed by atoms with Crippen LogP contribution in [0.4, 0.5) is 0 Å². The predicted molar refractivity (Wildman–Crippen MR) is 102 cm³/mol. The van der Waals surface area contributed by atoms with Crippen LogP contribution in [0, 0.1) is 0 Å². The second-order valence-corrected chi connectivity index (χ2v) is 7.69. The number of amides is 4. The van der Waals surface area contributed by atoms with Crippen molar-refractivity contribution in [1.29, 1.82) is 0 Å². The van der Waals surface area contributed by atoms with Crippen LogP contribution in [0.25, 0.3) is 0 Å². The Morgan fingerprint density at radius 1 is 0.929 bits per heavy atom. The van der Waals surface area contributed by atoms with E-state index in [1.165, 1.54) is 4.90 Å². The summed E-state index contributed by atoms with van der Waals surface area (Å²) in [4.78, 5) is 54.9. The van der Waals surface area contributed by atoms with Gasteiger partial charge in [0.2, 0.25) is 11.8 Å². The van der Waals surface area contributed by atoms with Crippen LogP contribution in [0.1, 0.15) is 59.2 Å². The molecule has 7 nitrogen and oxygen atoms in total. The van der Waals surface area contributed by atoms with E-state index in [-0.39, 0.29) is 42.6 Å². The minimum absolute atomic E-state index is 0.0633. The fraction of sp³-hybridized carbons (Fsp3) is 0.524. The topological polar surface area (TPSA) is 78.0 Å². The van der Waals surface area contributed by atoms with Crippen molar-refractivity contribution in [2.45, 2.75) is 44.6 Å². The van der Waals surface area contributed by atoms with Gasteiger partial charge in [0.1, 0.15) is 6.04 Å². The average molecular weight is 383 g/mol. The minimum atomic E-state index is -0.343. The lowest BCUT2D eigenvalue weighted by atomic mass is 10.1. The van der Waals surface area contributed by atoms with Gasteiger partial charge in [-0.3, -0.25) is 24.1 Å². The molecular weight excluding hydrogens is 358 g/mol. The van der Waals surface area contributed by atoms with E-state index in [2.05, 4.69) is 0 Å². The van der Waals surface area contributed by atoms with Crippen molar-refractivity contribution in [3.8, 4) is 0 Å². The van der Waals surface area contributed by atoms with E-state index in [1.807, 2.05) is 4.90 Å². The maximum atomic E-state index is 12.7. The number of rotatable bonds is 5. The standard InChI is InChI=1S/C21H25N3O4/c25-18(23-13-5-9-17(23)21(28)22-11-3-4-12-22)10-6-14-24-19(26)15-7-1-2-8-16(15)20(24)27/h1-2,7-8,17H,3-6,9-14H2/t17-/m0/s1. The molecule has 0 aliphatic carbocycles. The van der Waals surface area contributed by atoms with Gasteiger partial charge in [-0.25, -0.2) is 0 Å². The lowest BCUT2D eigenvalue weighted by Crippen LogP contribution is -2.47. The van der Waals surface area contributed by atoms with Crippen LogP contribution < -0.4 is 0 Å². The molecule has 4 amide bonds. The summed E-state index contributed by atoms with van der Waals surface area (Å²) in [7, 11) is 0. The van der Waals surface area contributed by atoms with Gasteiger partial charge >= 0.3 is 0 Å². The van der Waals surface area contributed by atoms with Gasteiger partial charge in [-0.05, 0) is 44.2 Å².